The van der Waals surface area contributed by atoms with Crippen LogP contribution in [-0.4, -0.2) is 14.2 Å². The monoisotopic (exact) mass is 349 g/mol. The van der Waals surface area contributed by atoms with Crippen LogP contribution in [0.15, 0.2) is 45.6 Å². The van der Waals surface area contributed by atoms with Crippen molar-refractivity contribution in [3.8, 4) is 11.5 Å². The first kappa shape index (κ1) is 16.3. The Morgan fingerprint density at radius 1 is 1.08 bits per heavy atom. The minimum absolute atomic E-state index is 0.0160. The Hall–Kier alpha value is -3.21. The molecule has 5 nitrogen and oxygen atoms in total. The molecule has 1 aromatic heterocycles. The third-order valence-electron chi connectivity index (χ3n) is 4.71. The molecule has 0 saturated heterocycles. The Morgan fingerprint density at radius 2 is 1.92 bits per heavy atom. The first-order valence-corrected chi connectivity index (χ1v) is 8.39. The fraction of sp³-hybridized carbons (Fsp3) is 0.190. The van der Waals surface area contributed by atoms with Crippen LogP contribution in [0.4, 0.5) is 5.69 Å². The van der Waals surface area contributed by atoms with Crippen molar-refractivity contribution >= 4 is 28.3 Å². The van der Waals surface area contributed by atoms with E-state index in [0.29, 0.717) is 28.8 Å². The number of nitrogens with two attached hydrogens (primary N) is 1. The first-order chi connectivity index (χ1) is 12.6. The van der Waals surface area contributed by atoms with Gasteiger partial charge in [0.05, 0.1) is 19.6 Å². The van der Waals surface area contributed by atoms with Gasteiger partial charge in [0.15, 0.2) is 5.43 Å². The molecule has 26 heavy (non-hydrogen) atoms. The molecule has 4 rings (SSSR count). The van der Waals surface area contributed by atoms with Crippen LogP contribution in [0.3, 0.4) is 0 Å². The lowest BCUT2D eigenvalue weighted by Gasteiger charge is -2.09. The molecule has 0 bridgehead atoms. The van der Waals surface area contributed by atoms with Crippen LogP contribution >= 0.6 is 0 Å². The summed E-state index contributed by atoms with van der Waals surface area (Å²) in [5.74, 6) is 2.11. The van der Waals surface area contributed by atoms with E-state index in [4.69, 9.17) is 19.6 Å². The van der Waals surface area contributed by atoms with Gasteiger partial charge < -0.3 is 19.6 Å². The lowest BCUT2D eigenvalue weighted by Crippen LogP contribution is -2.08. The van der Waals surface area contributed by atoms with Crippen LogP contribution in [0, 0.1) is 0 Å². The maximum Gasteiger partial charge on any atom is 0.196 e. The molecule has 5 heteroatoms. The molecule has 1 heterocycles. The zero-order valence-electron chi connectivity index (χ0n) is 14.7. The molecule has 0 aliphatic heterocycles. The number of methoxy groups -OCH3 is 2. The van der Waals surface area contributed by atoms with E-state index < -0.39 is 0 Å². The number of hydrogen-bond acceptors (Lipinski definition) is 5. The van der Waals surface area contributed by atoms with Crippen molar-refractivity contribution in [2.24, 2.45) is 0 Å². The third kappa shape index (κ3) is 2.62. The number of fused-ring (bicyclic) bond motifs is 2. The fourth-order valence-electron chi connectivity index (χ4n) is 3.39. The van der Waals surface area contributed by atoms with Gasteiger partial charge in [-0.2, -0.15) is 0 Å². The molecule has 0 fully saturated rings. The summed E-state index contributed by atoms with van der Waals surface area (Å²) < 4.78 is 16.8. The normalized spacial score (nSPS) is 14.6. The highest BCUT2D eigenvalue weighted by Gasteiger charge is 2.24. The smallest absolute Gasteiger partial charge is 0.196 e. The predicted octanol–water partition coefficient (Wildman–Crippen LogP) is 3.88. The van der Waals surface area contributed by atoms with Crippen molar-refractivity contribution in [2.75, 3.05) is 20.0 Å². The van der Waals surface area contributed by atoms with Crippen LogP contribution in [-0.2, 0) is 6.42 Å². The zero-order chi connectivity index (χ0) is 18.3. The van der Waals surface area contributed by atoms with Crippen LogP contribution in [0.5, 0.6) is 11.5 Å². The summed E-state index contributed by atoms with van der Waals surface area (Å²) in [6, 6.07) is 10.8. The molecule has 1 aliphatic rings. The topological polar surface area (TPSA) is 74.7 Å². The first-order valence-electron chi connectivity index (χ1n) is 8.39. The highest BCUT2D eigenvalue weighted by atomic mass is 16.5. The van der Waals surface area contributed by atoms with Crippen LogP contribution in [0.2, 0.25) is 0 Å². The molecule has 0 spiro atoms. The van der Waals surface area contributed by atoms with E-state index >= 15 is 0 Å². The van der Waals surface area contributed by atoms with Gasteiger partial charge in [0.25, 0.3) is 0 Å². The summed E-state index contributed by atoms with van der Waals surface area (Å²) >= 11 is 0. The van der Waals surface area contributed by atoms with Gasteiger partial charge in [0, 0.05) is 22.9 Å². The summed E-state index contributed by atoms with van der Waals surface area (Å²) in [7, 11) is 3.25. The number of ether oxygens (including phenoxy) is 2. The highest BCUT2D eigenvalue weighted by molar-refractivity contribution is 5.88. The predicted molar refractivity (Wildman–Crippen MR) is 103 cm³/mol. The maximum atomic E-state index is 12.8. The van der Waals surface area contributed by atoms with E-state index in [1.807, 2.05) is 24.3 Å². The SMILES string of the molecule is COc1ccc(OC)c(/C=C2\CCc3c2oc2cc(N)ccc2c3=O)c1. The molecule has 2 aromatic carbocycles. The Labute approximate surface area is 150 Å². The van der Waals surface area contributed by atoms with Crippen LogP contribution in [0.25, 0.3) is 22.6 Å². The van der Waals surface area contributed by atoms with Crippen molar-refractivity contribution in [1.82, 2.24) is 0 Å². The molecule has 0 atom stereocenters. The lowest BCUT2D eigenvalue weighted by atomic mass is 10.1. The van der Waals surface area contributed by atoms with Gasteiger partial charge >= 0.3 is 0 Å². The fourth-order valence-corrected chi connectivity index (χ4v) is 3.39. The van der Waals surface area contributed by atoms with Crippen molar-refractivity contribution in [2.45, 2.75) is 12.8 Å². The van der Waals surface area contributed by atoms with E-state index in [1.54, 1.807) is 32.4 Å². The summed E-state index contributed by atoms with van der Waals surface area (Å²) in [5, 5.41) is 0.568. The lowest BCUT2D eigenvalue weighted by molar-refractivity contribution is 0.402. The highest BCUT2D eigenvalue weighted by Crippen LogP contribution is 2.36. The van der Waals surface area contributed by atoms with Gasteiger partial charge in [-0.15, -0.1) is 0 Å². The Kier molecular flexibility index (Phi) is 3.92. The number of nitrogen functional groups attached to an aromatic ring is 1. The Morgan fingerprint density at radius 3 is 2.69 bits per heavy atom. The van der Waals surface area contributed by atoms with Crippen LogP contribution in [0.1, 0.15) is 23.3 Å². The number of benzene rings is 2. The standard InChI is InChI=1S/C21H19NO4/c1-24-15-5-8-18(25-2)13(10-15)9-12-3-6-17-20(23)16-7-4-14(22)11-19(16)26-21(12)17/h4-5,7-11H,3,6,22H2,1-2H3/b12-9+. The number of anilines is 1. The molecular formula is C21H19NO4. The Balaban J connectivity index is 1.89. The van der Waals surface area contributed by atoms with Crippen molar-refractivity contribution in [3.05, 3.63) is 63.5 Å². The average Bonchev–Trinajstić information content (AvgIpc) is 3.04. The summed E-state index contributed by atoms with van der Waals surface area (Å²) in [6.07, 6.45) is 3.39. The van der Waals surface area contributed by atoms with Crippen molar-refractivity contribution < 1.29 is 13.9 Å². The van der Waals surface area contributed by atoms with Gasteiger partial charge in [-0.1, -0.05) is 0 Å². The summed E-state index contributed by atoms with van der Waals surface area (Å²) in [5.41, 5.74) is 9.50. The van der Waals surface area contributed by atoms with E-state index in [0.717, 1.165) is 34.6 Å². The van der Waals surface area contributed by atoms with Crippen molar-refractivity contribution in [3.63, 3.8) is 0 Å². The molecule has 0 unspecified atom stereocenters. The molecule has 0 radical (unpaired) electrons. The minimum atomic E-state index is 0.0160. The molecule has 0 saturated carbocycles. The molecule has 2 N–H and O–H groups in total. The van der Waals surface area contributed by atoms with Gasteiger partial charge in [-0.25, -0.2) is 0 Å². The number of rotatable bonds is 3. The van der Waals surface area contributed by atoms with Crippen LogP contribution < -0.4 is 20.6 Å². The van der Waals surface area contributed by atoms with E-state index in [9.17, 15) is 4.79 Å². The molecular weight excluding hydrogens is 330 g/mol. The average molecular weight is 349 g/mol. The maximum absolute atomic E-state index is 12.8. The molecule has 1 aliphatic carbocycles. The van der Waals surface area contributed by atoms with E-state index in [1.165, 1.54) is 0 Å². The third-order valence-corrected chi connectivity index (χ3v) is 4.71. The van der Waals surface area contributed by atoms with Gasteiger partial charge in [0.1, 0.15) is 22.8 Å². The van der Waals surface area contributed by atoms with E-state index in [2.05, 4.69) is 0 Å². The van der Waals surface area contributed by atoms with Gasteiger partial charge in [-0.3, -0.25) is 4.79 Å². The molecule has 3 aromatic rings. The van der Waals surface area contributed by atoms with Gasteiger partial charge in [-0.05, 0) is 54.8 Å². The molecule has 132 valence electrons. The number of allylic oxidation sites excluding steroid dienone is 1. The number of hydrogen-bond donors (Lipinski definition) is 1. The summed E-state index contributed by atoms with van der Waals surface area (Å²) in [6.45, 7) is 0. The zero-order valence-corrected chi connectivity index (χ0v) is 14.7. The van der Waals surface area contributed by atoms with Gasteiger partial charge in [0.2, 0.25) is 0 Å². The second-order valence-electron chi connectivity index (χ2n) is 6.27. The summed E-state index contributed by atoms with van der Waals surface area (Å²) in [4.78, 5) is 12.8. The quantitative estimate of drug-likeness (QED) is 0.726. The Bertz CT molecular complexity index is 1100. The second-order valence-corrected chi connectivity index (χ2v) is 6.27. The van der Waals surface area contributed by atoms with E-state index in [-0.39, 0.29) is 5.43 Å². The van der Waals surface area contributed by atoms with Crippen molar-refractivity contribution in [1.29, 1.82) is 0 Å². The molecule has 0 amide bonds. The minimum Gasteiger partial charge on any atom is -0.497 e. The second kappa shape index (κ2) is 6.26. The largest absolute Gasteiger partial charge is 0.497 e.